The van der Waals surface area contributed by atoms with Crippen molar-refractivity contribution in [2.45, 2.75) is 26.8 Å². The van der Waals surface area contributed by atoms with E-state index in [-0.39, 0.29) is 5.92 Å². The molecule has 2 heterocycles. The zero-order valence-electron chi connectivity index (χ0n) is 11.9. The Morgan fingerprint density at radius 2 is 1.89 bits per heavy atom. The number of carbonyl (C=O) groups excluding carboxylic acids is 1. The van der Waals surface area contributed by atoms with E-state index >= 15 is 0 Å². The van der Waals surface area contributed by atoms with Gasteiger partial charge in [-0.15, -0.1) is 0 Å². The van der Waals surface area contributed by atoms with Gasteiger partial charge in [0.25, 0.3) is 0 Å². The van der Waals surface area contributed by atoms with Crippen molar-refractivity contribution < 1.29 is 4.79 Å². The minimum Gasteiger partial charge on any atom is -0.340 e. The highest BCUT2D eigenvalue weighted by molar-refractivity contribution is 5.78. The van der Waals surface area contributed by atoms with Crippen LogP contribution in [0.1, 0.15) is 25.8 Å². The lowest BCUT2D eigenvalue weighted by Gasteiger charge is -2.35. The van der Waals surface area contributed by atoms with Gasteiger partial charge in [-0.25, -0.2) is 0 Å². The van der Waals surface area contributed by atoms with Gasteiger partial charge < -0.3 is 4.90 Å². The summed E-state index contributed by atoms with van der Waals surface area (Å²) in [6.45, 7) is 8.68. The van der Waals surface area contributed by atoms with E-state index in [1.807, 2.05) is 24.2 Å². The van der Waals surface area contributed by atoms with Gasteiger partial charge in [-0.3, -0.25) is 14.7 Å². The second kappa shape index (κ2) is 6.66. The number of aromatic nitrogens is 1. The quantitative estimate of drug-likeness (QED) is 0.829. The molecule has 1 aliphatic rings. The zero-order valence-corrected chi connectivity index (χ0v) is 11.9. The molecule has 1 aromatic rings. The van der Waals surface area contributed by atoms with Crippen LogP contribution in [0, 0.1) is 5.92 Å². The number of hydrogen-bond acceptors (Lipinski definition) is 3. The molecule has 0 bridgehead atoms. The number of piperazine rings is 1. The van der Waals surface area contributed by atoms with Crippen LogP contribution < -0.4 is 0 Å². The van der Waals surface area contributed by atoms with Crippen molar-refractivity contribution >= 4 is 5.91 Å². The molecule has 0 aromatic carbocycles. The first-order chi connectivity index (χ1) is 9.20. The van der Waals surface area contributed by atoms with E-state index in [2.05, 4.69) is 28.9 Å². The second-order valence-corrected chi connectivity index (χ2v) is 5.27. The summed E-state index contributed by atoms with van der Waals surface area (Å²) in [6.07, 6.45) is 4.59. The molecule has 0 spiro atoms. The Morgan fingerprint density at radius 1 is 1.26 bits per heavy atom. The van der Waals surface area contributed by atoms with Crippen LogP contribution in [-0.4, -0.2) is 46.9 Å². The van der Waals surface area contributed by atoms with Gasteiger partial charge in [-0.1, -0.05) is 13.8 Å². The third kappa shape index (κ3) is 3.77. The summed E-state index contributed by atoms with van der Waals surface area (Å²) in [6, 6.07) is 4.10. The van der Waals surface area contributed by atoms with Gasteiger partial charge in [-0.2, -0.15) is 0 Å². The molecule has 0 N–H and O–H groups in total. The minimum atomic E-state index is 0.159. The lowest BCUT2D eigenvalue weighted by Crippen LogP contribution is -2.49. The largest absolute Gasteiger partial charge is 0.340 e. The van der Waals surface area contributed by atoms with E-state index in [4.69, 9.17) is 0 Å². The predicted molar refractivity (Wildman–Crippen MR) is 75.5 cm³/mol. The highest BCUT2D eigenvalue weighted by Gasteiger charge is 2.23. The number of nitrogens with zero attached hydrogens (tertiary/aromatic N) is 3. The van der Waals surface area contributed by atoms with Crippen molar-refractivity contribution in [3.63, 3.8) is 0 Å². The van der Waals surface area contributed by atoms with Gasteiger partial charge >= 0.3 is 0 Å². The fourth-order valence-electron chi connectivity index (χ4n) is 2.36. The van der Waals surface area contributed by atoms with Crippen LogP contribution in [0.2, 0.25) is 0 Å². The average molecular weight is 261 g/mol. The number of pyridine rings is 1. The van der Waals surface area contributed by atoms with Crippen molar-refractivity contribution in [1.82, 2.24) is 14.8 Å². The van der Waals surface area contributed by atoms with Crippen molar-refractivity contribution in [3.05, 3.63) is 30.1 Å². The van der Waals surface area contributed by atoms with Crippen LogP contribution in [0.3, 0.4) is 0 Å². The molecular formula is C15H23N3O. The van der Waals surface area contributed by atoms with Gasteiger partial charge in [0.05, 0.1) is 0 Å². The highest BCUT2D eigenvalue weighted by atomic mass is 16.2. The third-order valence-corrected chi connectivity index (χ3v) is 3.87. The molecule has 0 unspecified atom stereocenters. The van der Waals surface area contributed by atoms with Crippen molar-refractivity contribution in [2.75, 3.05) is 26.2 Å². The topological polar surface area (TPSA) is 36.4 Å². The molecule has 19 heavy (non-hydrogen) atoms. The maximum atomic E-state index is 12.1. The monoisotopic (exact) mass is 261 g/mol. The standard InChI is InChI=1S/C15H23N3O/c1-3-13(2)15(19)18-10-8-17(9-11-18)12-14-4-6-16-7-5-14/h4-7,13H,3,8-12H2,1-2H3/t13-/m1/s1. The molecule has 1 fully saturated rings. The summed E-state index contributed by atoms with van der Waals surface area (Å²) in [5.41, 5.74) is 1.29. The first kappa shape index (κ1) is 14.0. The number of carbonyl (C=O) groups is 1. The fourth-order valence-corrected chi connectivity index (χ4v) is 2.36. The summed E-state index contributed by atoms with van der Waals surface area (Å²) in [7, 11) is 0. The Morgan fingerprint density at radius 3 is 2.47 bits per heavy atom. The highest BCUT2D eigenvalue weighted by Crippen LogP contribution is 2.12. The molecule has 1 amide bonds. The van der Waals surface area contributed by atoms with E-state index in [1.54, 1.807) is 0 Å². The molecule has 2 rings (SSSR count). The molecule has 1 saturated heterocycles. The molecule has 104 valence electrons. The lowest BCUT2D eigenvalue weighted by molar-refractivity contribution is -0.136. The number of rotatable bonds is 4. The smallest absolute Gasteiger partial charge is 0.225 e. The average Bonchev–Trinajstić information content (AvgIpc) is 2.47. The molecular weight excluding hydrogens is 238 g/mol. The molecule has 1 atom stereocenters. The minimum absolute atomic E-state index is 0.159. The van der Waals surface area contributed by atoms with Crippen molar-refractivity contribution in [1.29, 1.82) is 0 Å². The predicted octanol–water partition coefficient (Wildman–Crippen LogP) is 1.77. The molecule has 1 aliphatic heterocycles. The van der Waals surface area contributed by atoms with E-state index in [9.17, 15) is 4.79 Å². The SMILES string of the molecule is CC[C@@H](C)C(=O)N1CCN(Cc2ccncc2)CC1. The van der Waals surface area contributed by atoms with E-state index in [0.717, 1.165) is 39.1 Å². The molecule has 0 saturated carbocycles. The molecule has 0 aliphatic carbocycles. The number of amides is 1. The Labute approximate surface area is 115 Å². The van der Waals surface area contributed by atoms with Gasteiger partial charge in [0.1, 0.15) is 0 Å². The Kier molecular flexibility index (Phi) is 4.91. The van der Waals surface area contributed by atoms with Crippen molar-refractivity contribution in [2.24, 2.45) is 5.92 Å². The second-order valence-electron chi connectivity index (χ2n) is 5.27. The molecule has 4 nitrogen and oxygen atoms in total. The fraction of sp³-hybridized carbons (Fsp3) is 0.600. The summed E-state index contributed by atoms with van der Waals surface area (Å²) >= 11 is 0. The van der Waals surface area contributed by atoms with Crippen LogP contribution >= 0.6 is 0 Å². The summed E-state index contributed by atoms with van der Waals surface area (Å²) in [4.78, 5) is 20.5. The third-order valence-electron chi connectivity index (χ3n) is 3.87. The van der Waals surface area contributed by atoms with Gasteiger partial charge in [0.15, 0.2) is 0 Å². The number of hydrogen-bond donors (Lipinski definition) is 0. The van der Waals surface area contributed by atoms with E-state index in [0.29, 0.717) is 5.91 Å². The van der Waals surface area contributed by atoms with Gasteiger partial charge in [0.2, 0.25) is 5.91 Å². The van der Waals surface area contributed by atoms with Crippen LogP contribution in [0.25, 0.3) is 0 Å². The van der Waals surface area contributed by atoms with Crippen LogP contribution in [0.15, 0.2) is 24.5 Å². The first-order valence-corrected chi connectivity index (χ1v) is 7.10. The normalized spacial score (nSPS) is 18.3. The molecule has 0 radical (unpaired) electrons. The first-order valence-electron chi connectivity index (χ1n) is 7.10. The van der Waals surface area contributed by atoms with E-state index in [1.165, 1.54) is 5.56 Å². The summed E-state index contributed by atoms with van der Waals surface area (Å²) < 4.78 is 0. The zero-order chi connectivity index (χ0) is 13.7. The Hall–Kier alpha value is -1.42. The Bertz CT molecular complexity index is 399. The summed E-state index contributed by atoms with van der Waals surface area (Å²) in [5, 5.41) is 0. The van der Waals surface area contributed by atoms with Crippen molar-refractivity contribution in [3.8, 4) is 0 Å². The Balaban J connectivity index is 1.81. The van der Waals surface area contributed by atoms with Gasteiger partial charge in [-0.05, 0) is 24.1 Å². The van der Waals surface area contributed by atoms with Crippen LogP contribution in [0.4, 0.5) is 0 Å². The van der Waals surface area contributed by atoms with Gasteiger partial charge in [0, 0.05) is 51.0 Å². The maximum absolute atomic E-state index is 12.1. The van der Waals surface area contributed by atoms with E-state index < -0.39 is 0 Å². The van der Waals surface area contributed by atoms with Crippen LogP contribution in [0.5, 0.6) is 0 Å². The van der Waals surface area contributed by atoms with Crippen LogP contribution in [-0.2, 0) is 11.3 Å². The molecule has 1 aromatic heterocycles. The molecule has 4 heteroatoms. The lowest BCUT2D eigenvalue weighted by atomic mass is 10.1. The summed E-state index contributed by atoms with van der Waals surface area (Å²) in [5.74, 6) is 0.470. The maximum Gasteiger partial charge on any atom is 0.225 e.